The second-order valence-electron chi connectivity index (χ2n) is 4.75. The molecule has 5 nitrogen and oxygen atoms in total. The van der Waals surface area contributed by atoms with Crippen molar-refractivity contribution in [2.45, 2.75) is 20.3 Å². The van der Waals surface area contributed by atoms with Crippen molar-refractivity contribution in [2.75, 3.05) is 0 Å². The number of nitro benzene ring substituents is 1. The lowest BCUT2D eigenvalue weighted by Crippen LogP contribution is -2.00. The Hall–Kier alpha value is -1.88. The molecule has 0 aliphatic carbocycles. The van der Waals surface area contributed by atoms with Crippen molar-refractivity contribution in [3.05, 3.63) is 51.3 Å². The van der Waals surface area contributed by atoms with Crippen molar-refractivity contribution in [3.63, 3.8) is 0 Å². The minimum absolute atomic E-state index is 0.0227. The highest BCUT2D eigenvalue weighted by atomic mass is 35.5. The van der Waals surface area contributed by atoms with E-state index in [4.69, 9.17) is 11.6 Å². The first-order chi connectivity index (χ1) is 8.97. The summed E-state index contributed by atoms with van der Waals surface area (Å²) in [6, 6.07) is 8.05. The van der Waals surface area contributed by atoms with Gasteiger partial charge in [-0.3, -0.25) is 10.1 Å². The third kappa shape index (κ3) is 3.12. The first-order valence-corrected chi connectivity index (χ1v) is 6.34. The Bertz CT molecular complexity index is 608. The number of non-ortho nitro benzene ring substituents is 1. The Kier molecular flexibility index (Phi) is 3.85. The maximum Gasteiger partial charge on any atom is 0.271 e. The lowest BCUT2D eigenvalue weighted by molar-refractivity contribution is -0.384. The lowest BCUT2D eigenvalue weighted by atomic mass is 10.1. The molecule has 0 aliphatic heterocycles. The normalized spacial score (nSPS) is 10.9. The monoisotopic (exact) mass is 279 g/mol. The molecule has 6 heteroatoms. The van der Waals surface area contributed by atoms with Gasteiger partial charge in [0.25, 0.3) is 5.69 Å². The van der Waals surface area contributed by atoms with Gasteiger partial charge < -0.3 is 0 Å². The standard InChI is InChI=1S/C13H14ClN3O2/c1-9(2)6-10-7-13(14)16(15-10)11-4-3-5-12(8-11)17(18)19/h3-5,7-9H,6H2,1-2H3. The van der Waals surface area contributed by atoms with Crippen molar-refractivity contribution < 1.29 is 4.92 Å². The SMILES string of the molecule is CC(C)Cc1cc(Cl)n(-c2cccc([N+](=O)[O-])c2)n1. The summed E-state index contributed by atoms with van der Waals surface area (Å²) in [6.45, 7) is 4.20. The number of halogens is 1. The summed E-state index contributed by atoms with van der Waals surface area (Å²) in [4.78, 5) is 10.3. The van der Waals surface area contributed by atoms with Crippen molar-refractivity contribution in [1.29, 1.82) is 0 Å². The second kappa shape index (κ2) is 5.40. The molecule has 2 rings (SSSR count). The average molecular weight is 280 g/mol. The summed E-state index contributed by atoms with van der Waals surface area (Å²) in [6.07, 6.45) is 0.821. The summed E-state index contributed by atoms with van der Waals surface area (Å²) in [7, 11) is 0. The predicted octanol–water partition coefficient (Wildman–Crippen LogP) is 3.63. The third-order valence-corrected chi connectivity index (χ3v) is 2.89. The summed E-state index contributed by atoms with van der Waals surface area (Å²) in [5, 5.41) is 15.6. The molecular formula is C13H14ClN3O2. The maximum absolute atomic E-state index is 10.8. The Labute approximate surface area is 116 Å². The fraction of sp³-hybridized carbons (Fsp3) is 0.308. The van der Waals surface area contributed by atoms with Gasteiger partial charge >= 0.3 is 0 Å². The van der Waals surface area contributed by atoms with Gasteiger partial charge in [-0.2, -0.15) is 5.10 Å². The van der Waals surface area contributed by atoms with Crippen LogP contribution < -0.4 is 0 Å². The molecule has 0 saturated heterocycles. The van der Waals surface area contributed by atoms with Gasteiger partial charge in [-0.15, -0.1) is 0 Å². The van der Waals surface area contributed by atoms with E-state index in [0.717, 1.165) is 12.1 Å². The molecule has 0 atom stereocenters. The Morgan fingerprint density at radius 3 is 2.79 bits per heavy atom. The van der Waals surface area contributed by atoms with E-state index in [1.54, 1.807) is 18.2 Å². The molecule has 0 amide bonds. The van der Waals surface area contributed by atoms with Gasteiger partial charge in [-0.05, 0) is 24.5 Å². The van der Waals surface area contributed by atoms with Crippen LogP contribution in [0.4, 0.5) is 5.69 Å². The molecule has 0 fully saturated rings. The molecule has 0 saturated carbocycles. The maximum atomic E-state index is 10.8. The first kappa shape index (κ1) is 13.5. The number of rotatable bonds is 4. The van der Waals surface area contributed by atoms with Crippen LogP contribution >= 0.6 is 11.6 Å². The Balaban J connectivity index is 2.38. The highest BCUT2D eigenvalue weighted by Gasteiger charge is 2.12. The van der Waals surface area contributed by atoms with Crippen molar-refractivity contribution >= 4 is 17.3 Å². The minimum Gasteiger partial charge on any atom is -0.258 e. The van der Waals surface area contributed by atoms with Crippen molar-refractivity contribution in [2.24, 2.45) is 5.92 Å². The molecule has 0 unspecified atom stereocenters. The van der Waals surface area contributed by atoms with Crippen LogP contribution in [0.3, 0.4) is 0 Å². The third-order valence-electron chi connectivity index (χ3n) is 2.62. The van der Waals surface area contributed by atoms with Gasteiger partial charge in [0.05, 0.1) is 16.3 Å². The van der Waals surface area contributed by atoms with Gasteiger partial charge in [0, 0.05) is 12.1 Å². The zero-order valence-corrected chi connectivity index (χ0v) is 11.5. The largest absolute Gasteiger partial charge is 0.271 e. The molecule has 0 bridgehead atoms. The van der Waals surface area contributed by atoms with Gasteiger partial charge in [0.2, 0.25) is 0 Å². The minimum atomic E-state index is -0.435. The van der Waals surface area contributed by atoms with Crippen molar-refractivity contribution in [3.8, 4) is 5.69 Å². The zero-order valence-electron chi connectivity index (χ0n) is 10.7. The van der Waals surface area contributed by atoms with Crippen LogP contribution in [0.5, 0.6) is 0 Å². The van der Waals surface area contributed by atoms with Crippen LogP contribution in [0.2, 0.25) is 5.15 Å². The van der Waals surface area contributed by atoms with Gasteiger partial charge in [-0.1, -0.05) is 31.5 Å². The molecule has 1 aromatic heterocycles. The van der Waals surface area contributed by atoms with E-state index in [2.05, 4.69) is 18.9 Å². The fourth-order valence-electron chi connectivity index (χ4n) is 1.84. The Morgan fingerprint density at radius 2 is 2.16 bits per heavy atom. The predicted molar refractivity (Wildman–Crippen MR) is 73.8 cm³/mol. The van der Waals surface area contributed by atoms with Crippen LogP contribution in [0, 0.1) is 16.0 Å². The van der Waals surface area contributed by atoms with E-state index in [9.17, 15) is 10.1 Å². The van der Waals surface area contributed by atoms with E-state index in [0.29, 0.717) is 16.8 Å². The molecule has 19 heavy (non-hydrogen) atoms. The van der Waals surface area contributed by atoms with Crippen LogP contribution in [0.1, 0.15) is 19.5 Å². The molecule has 100 valence electrons. The zero-order chi connectivity index (χ0) is 14.0. The number of nitro groups is 1. The smallest absolute Gasteiger partial charge is 0.258 e. The first-order valence-electron chi connectivity index (χ1n) is 5.96. The highest BCUT2D eigenvalue weighted by Crippen LogP contribution is 2.22. The van der Waals surface area contributed by atoms with Gasteiger partial charge in [-0.25, -0.2) is 4.68 Å². The van der Waals surface area contributed by atoms with Crippen LogP contribution in [0.15, 0.2) is 30.3 Å². The molecule has 0 spiro atoms. The molecule has 0 aliphatic rings. The average Bonchev–Trinajstić information content (AvgIpc) is 2.69. The van der Waals surface area contributed by atoms with Gasteiger partial charge in [0.1, 0.15) is 5.15 Å². The summed E-state index contributed by atoms with van der Waals surface area (Å²) >= 11 is 6.13. The molecule has 2 aromatic rings. The van der Waals surface area contributed by atoms with Crippen LogP contribution in [0.25, 0.3) is 5.69 Å². The molecule has 1 heterocycles. The quantitative estimate of drug-likeness (QED) is 0.634. The molecule has 1 aromatic carbocycles. The van der Waals surface area contributed by atoms with E-state index >= 15 is 0 Å². The van der Waals surface area contributed by atoms with Crippen LogP contribution in [-0.2, 0) is 6.42 Å². The Morgan fingerprint density at radius 1 is 1.42 bits per heavy atom. The highest BCUT2D eigenvalue weighted by molar-refractivity contribution is 6.29. The van der Waals surface area contributed by atoms with Gasteiger partial charge in [0.15, 0.2) is 0 Å². The van der Waals surface area contributed by atoms with E-state index in [1.165, 1.54) is 16.8 Å². The number of nitrogens with zero attached hydrogens (tertiary/aromatic N) is 3. The topological polar surface area (TPSA) is 61.0 Å². The summed E-state index contributed by atoms with van der Waals surface area (Å²) in [5.74, 6) is 0.476. The summed E-state index contributed by atoms with van der Waals surface area (Å²) in [5.41, 5.74) is 1.50. The lowest BCUT2D eigenvalue weighted by Gasteiger charge is -2.03. The number of benzene rings is 1. The van der Waals surface area contributed by atoms with Crippen LogP contribution in [-0.4, -0.2) is 14.7 Å². The van der Waals surface area contributed by atoms with E-state index < -0.39 is 4.92 Å². The molecule has 0 radical (unpaired) electrons. The second-order valence-corrected chi connectivity index (χ2v) is 5.13. The number of aromatic nitrogens is 2. The number of hydrogen-bond acceptors (Lipinski definition) is 3. The fourth-order valence-corrected chi connectivity index (χ4v) is 2.10. The van der Waals surface area contributed by atoms with E-state index in [-0.39, 0.29) is 5.69 Å². The van der Waals surface area contributed by atoms with Crippen molar-refractivity contribution in [1.82, 2.24) is 9.78 Å². The molecular weight excluding hydrogens is 266 g/mol. The number of hydrogen-bond donors (Lipinski definition) is 0. The molecule has 0 N–H and O–H groups in total. The van der Waals surface area contributed by atoms with E-state index in [1.807, 2.05) is 0 Å². The summed E-state index contributed by atoms with van der Waals surface area (Å²) < 4.78 is 1.52.